The maximum atomic E-state index is 2.49. The highest BCUT2D eigenvalue weighted by molar-refractivity contribution is 6.10. The topological polar surface area (TPSA) is 0 Å². The van der Waals surface area contributed by atoms with E-state index in [4.69, 9.17) is 0 Å². The molecule has 220 valence electrons. The van der Waals surface area contributed by atoms with Crippen LogP contribution in [0.1, 0.15) is 22.3 Å². The average Bonchev–Trinajstić information content (AvgIpc) is 3.46. The third kappa shape index (κ3) is 4.30. The minimum Gasteiger partial charge on any atom is -0.0622 e. The molecular weight excluding hydrogens is 565 g/mol. The number of fused-ring (bicyclic) bond motifs is 5. The van der Waals surface area contributed by atoms with E-state index >= 15 is 0 Å². The minimum atomic E-state index is -0.499. The Balaban J connectivity index is 1.36. The summed E-state index contributed by atoms with van der Waals surface area (Å²) in [5.74, 6) is 0. The van der Waals surface area contributed by atoms with Gasteiger partial charge in [-0.3, -0.25) is 0 Å². The van der Waals surface area contributed by atoms with E-state index in [1.54, 1.807) is 0 Å². The number of benzene rings is 8. The summed E-state index contributed by atoms with van der Waals surface area (Å²) in [6, 6.07) is 71.3. The molecule has 1 aliphatic carbocycles. The van der Waals surface area contributed by atoms with Crippen LogP contribution in [0.15, 0.2) is 194 Å². The second-order valence-electron chi connectivity index (χ2n) is 12.4. The Bertz CT molecular complexity index is 2310. The third-order valence-electron chi connectivity index (χ3n) is 9.97. The van der Waals surface area contributed by atoms with Crippen LogP contribution in [0.25, 0.3) is 55.3 Å². The summed E-state index contributed by atoms with van der Waals surface area (Å²) in [5.41, 5.74) is 14.7. The molecule has 47 heavy (non-hydrogen) atoms. The first-order valence-corrected chi connectivity index (χ1v) is 16.4. The molecule has 0 aliphatic heterocycles. The molecule has 0 nitrogen and oxygen atoms in total. The second kappa shape index (κ2) is 11.1. The zero-order valence-corrected chi connectivity index (χ0v) is 26.0. The molecule has 0 bridgehead atoms. The van der Waals surface area contributed by atoms with Crippen molar-refractivity contribution in [2.75, 3.05) is 0 Å². The van der Waals surface area contributed by atoms with Gasteiger partial charge in [-0.25, -0.2) is 0 Å². The fourth-order valence-corrected chi connectivity index (χ4v) is 7.87. The SMILES string of the molecule is c1ccc(-c2ccc(-c3ccc4c(c3)C(c3ccccc3)(c3ccccc3)c3cc(-c5ccccc5)c5ccccc5c3-4)cc2)cc1. The van der Waals surface area contributed by atoms with Crippen LogP contribution < -0.4 is 0 Å². The maximum absolute atomic E-state index is 2.49. The predicted molar refractivity (Wildman–Crippen MR) is 198 cm³/mol. The largest absolute Gasteiger partial charge is 0.0714 e. The van der Waals surface area contributed by atoms with Gasteiger partial charge in [0.25, 0.3) is 0 Å². The van der Waals surface area contributed by atoms with E-state index in [-0.39, 0.29) is 0 Å². The molecule has 0 radical (unpaired) electrons. The molecule has 1 aliphatic rings. The van der Waals surface area contributed by atoms with Gasteiger partial charge < -0.3 is 0 Å². The monoisotopic (exact) mass is 596 g/mol. The molecule has 0 fully saturated rings. The second-order valence-corrected chi connectivity index (χ2v) is 12.4. The molecule has 8 aromatic rings. The van der Waals surface area contributed by atoms with Crippen LogP contribution in [-0.2, 0) is 5.41 Å². The molecule has 0 heterocycles. The van der Waals surface area contributed by atoms with E-state index in [2.05, 4.69) is 194 Å². The quantitative estimate of drug-likeness (QED) is 0.185. The van der Waals surface area contributed by atoms with Crippen molar-refractivity contribution in [2.45, 2.75) is 5.41 Å². The standard InChI is InChI=1S/C47H32/c1-5-15-33(16-6-1)34-25-27-35(28-26-34)37-29-30-42-44(31-37)47(38-19-9-3-10-20-38,39-21-11-4-12-22-39)45-32-43(36-17-7-2-8-18-36)40-23-13-14-24-41(40)46(42)45/h1-32H. The Hall–Kier alpha value is -5.98. The Morgan fingerprint density at radius 3 is 1.32 bits per heavy atom. The first-order chi connectivity index (χ1) is 23.3. The highest BCUT2D eigenvalue weighted by atomic mass is 14.5. The van der Waals surface area contributed by atoms with Crippen LogP contribution in [-0.4, -0.2) is 0 Å². The lowest BCUT2D eigenvalue weighted by molar-refractivity contribution is 0.769. The molecule has 0 heteroatoms. The lowest BCUT2D eigenvalue weighted by Crippen LogP contribution is -2.28. The van der Waals surface area contributed by atoms with Crippen molar-refractivity contribution < 1.29 is 0 Å². The van der Waals surface area contributed by atoms with Crippen LogP contribution in [0.3, 0.4) is 0 Å². The van der Waals surface area contributed by atoms with Gasteiger partial charge in [-0.1, -0.05) is 182 Å². The summed E-state index contributed by atoms with van der Waals surface area (Å²) >= 11 is 0. The van der Waals surface area contributed by atoms with Gasteiger partial charge in [-0.05, 0) is 89.7 Å². The fraction of sp³-hybridized carbons (Fsp3) is 0.0213. The van der Waals surface area contributed by atoms with E-state index in [0.29, 0.717) is 0 Å². The first-order valence-electron chi connectivity index (χ1n) is 16.4. The van der Waals surface area contributed by atoms with Gasteiger partial charge >= 0.3 is 0 Å². The van der Waals surface area contributed by atoms with Gasteiger partial charge in [0, 0.05) is 0 Å². The summed E-state index contributed by atoms with van der Waals surface area (Å²) in [7, 11) is 0. The van der Waals surface area contributed by atoms with Crippen molar-refractivity contribution in [1.82, 2.24) is 0 Å². The van der Waals surface area contributed by atoms with Crippen molar-refractivity contribution in [3.05, 3.63) is 216 Å². The van der Waals surface area contributed by atoms with Crippen molar-refractivity contribution >= 4 is 10.8 Å². The molecule has 0 unspecified atom stereocenters. The van der Waals surface area contributed by atoms with Gasteiger partial charge in [-0.15, -0.1) is 0 Å². The molecule has 0 aromatic heterocycles. The van der Waals surface area contributed by atoms with Gasteiger partial charge in [0.05, 0.1) is 5.41 Å². The fourth-order valence-electron chi connectivity index (χ4n) is 7.87. The summed E-state index contributed by atoms with van der Waals surface area (Å²) in [5, 5.41) is 2.57. The first kappa shape index (κ1) is 27.3. The van der Waals surface area contributed by atoms with Gasteiger partial charge in [-0.2, -0.15) is 0 Å². The van der Waals surface area contributed by atoms with E-state index in [1.165, 1.54) is 77.5 Å². The number of hydrogen-bond acceptors (Lipinski definition) is 0. The molecular formula is C47H32. The summed E-state index contributed by atoms with van der Waals surface area (Å²) in [4.78, 5) is 0. The van der Waals surface area contributed by atoms with Crippen molar-refractivity contribution in [1.29, 1.82) is 0 Å². The van der Waals surface area contributed by atoms with Crippen LogP contribution in [0.2, 0.25) is 0 Å². The van der Waals surface area contributed by atoms with Crippen molar-refractivity contribution in [3.63, 3.8) is 0 Å². The van der Waals surface area contributed by atoms with Crippen molar-refractivity contribution in [3.8, 4) is 44.5 Å². The highest BCUT2D eigenvalue weighted by Crippen LogP contribution is 2.59. The van der Waals surface area contributed by atoms with E-state index in [0.717, 1.165) is 0 Å². The predicted octanol–water partition coefficient (Wildman–Crippen LogP) is 12.2. The Morgan fingerprint density at radius 1 is 0.277 bits per heavy atom. The average molecular weight is 597 g/mol. The Labute approximate surface area is 276 Å². The number of hydrogen-bond donors (Lipinski definition) is 0. The minimum absolute atomic E-state index is 0.499. The highest BCUT2D eigenvalue weighted by Gasteiger charge is 2.47. The molecule has 0 atom stereocenters. The van der Waals surface area contributed by atoms with E-state index in [9.17, 15) is 0 Å². The Kier molecular flexibility index (Phi) is 6.47. The third-order valence-corrected chi connectivity index (χ3v) is 9.97. The van der Waals surface area contributed by atoms with Crippen LogP contribution in [0.5, 0.6) is 0 Å². The lowest BCUT2D eigenvalue weighted by atomic mass is 9.67. The molecule has 0 N–H and O–H groups in total. The molecule has 9 rings (SSSR count). The van der Waals surface area contributed by atoms with Crippen LogP contribution in [0, 0.1) is 0 Å². The van der Waals surface area contributed by atoms with Gasteiger partial charge in [0.15, 0.2) is 0 Å². The van der Waals surface area contributed by atoms with Crippen molar-refractivity contribution in [2.24, 2.45) is 0 Å². The summed E-state index contributed by atoms with van der Waals surface area (Å²) in [6.07, 6.45) is 0. The van der Waals surface area contributed by atoms with Crippen LogP contribution >= 0.6 is 0 Å². The van der Waals surface area contributed by atoms with Gasteiger partial charge in [0.2, 0.25) is 0 Å². The van der Waals surface area contributed by atoms with Crippen LogP contribution in [0.4, 0.5) is 0 Å². The van der Waals surface area contributed by atoms with Gasteiger partial charge in [0.1, 0.15) is 0 Å². The molecule has 0 spiro atoms. The smallest absolute Gasteiger partial charge is 0.0622 e. The molecule has 0 saturated carbocycles. The number of rotatable bonds is 5. The Morgan fingerprint density at radius 2 is 0.723 bits per heavy atom. The molecule has 0 saturated heterocycles. The normalized spacial score (nSPS) is 12.9. The summed E-state index contributed by atoms with van der Waals surface area (Å²) in [6.45, 7) is 0. The summed E-state index contributed by atoms with van der Waals surface area (Å²) < 4.78 is 0. The maximum Gasteiger partial charge on any atom is 0.0714 e. The zero-order chi connectivity index (χ0) is 31.2. The molecule has 8 aromatic carbocycles. The van der Waals surface area contributed by atoms with E-state index < -0.39 is 5.41 Å². The zero-order valence-electron chi connectivity index (χ0n) is 26.0. The van der Waals surface area contributed by atoms with E-state index in [1.807, 2.05) is 0 Å². The lowest BCUT2D eigenvalue weighted by Gasteiger charge is -2.34. The molecule has 0 amide bonds.